The molecule has 2 aromatic rings. The number of carbonyl (C=O) groups excluding carboxylic acids is 1. The summed E-state index contributed by atoms with van der Waals surface area (Å²) in [5, 5.41) is 4.16. The van der Waals surface area contributed by atoms with E-state index in [2.05, 4.69) is 17.1 Å². The van der Waals surface area contributed by atoms with Crippen LogP contribution < -0.4 is 9.64 Å². The van der Waals surface area contributed by atoms with Gasteiger partial charge in [-0.1, -0.05) is 12.1 Å². The molecule has 0 aliphatic carbocycles. The fourth-order valence-corrected chi connectivity index (χ4v) is 3.53. The second-order valence-corrected chi connectivity index (χ2v) is 7.37. The van der Waals surface area contributed by atoms with Gasteiger partial charge >= 0.3 is 6.03 Å². The van der Waals surface area contributed by atoms with Crippen molar-refractivity contribution in [1.82, 2.24) is 9.88 Å². The second kappa shape index (κ2) is 11.9. The molecule has 7 heteroatoms. The minimum atomic E-state index is 0.0851. The molecule has 1 saturated heterocycles. The number of aromatic nitrogens is 1. The van der Waals surface area contributed by atoms with Crippen LogP contribution in [-0.4, -0.2) is 54.5 Å². The number of urea groups is 1. The first-order valence-electron chi connectivity index (χ1n) is 11.1. The monoisotopic (exact) mass is 424 g/mol. The average Bonchev–Trinajstić information content (AvgIpc) is 3.18. The number of oxime groups is 1. The number of hydrogen-bond acceptors (Lipinski definition) is 5. The molecule has 1 aliphatic heterocycles. The summed E-state index contributed by atoms with van der Waals surface area (Å²) in [6.07, 6.45) is 7.22. The van der Waals surface area contributed by atoms with Crippen LogP contribution in [0.25, 0.3) is 0 Å². The largest absolute Gasteiger partial charge is 0.494 e. The van der Waals surface area contributed by atoms with Crippen molar-refractivity contribution in [2.24, 2.45) is 5.16 Å². The number of carbonyl (C=O) groups is 1. The van der Waals surface area contributed by atoms with Crippen LogP contribution in [0, 0.1) is 0 Å². The van der Waals surface area contributed by atoms with Gasteiger partial charge < -0.3 is 14.5 Å². The summed E-state index contributed by atoms with van der Waals surface area (Å²) in [5.41, 5.74) is 2.91. The van der Waals surface area contributed by atoms with Gasteiger partial charge in [0.05, 0.1) is 12.3 Å². The van der Waals surface area contributed by atoms with Crippen molar-refractivity contribution >= 4 is 17.4 Å². The maximum Gasteiger partial charge on any atom is 0.324 e. The summed E-state index contributed by atoms with van der Waals surface area (Å²) in [6.45, 7) is 7.52. The maximum atomic E-state index is 12.6. The van der Waals surface area contributed by atoms with E-state index in [0.29, 0.717) is 13.2 Å². The molecule has 0 bridgehead atoms. The third-order valence-electron chi connectivity index (χ3n) is 5.24. The molecule has 3 rings (SSSR count). The molecule has 1 aliphatic rings. The lowest BCUT2D eigenvalue weighted by molar-refractivity contribution is 0.158. The SMILES string of the molecule is CCO/N=C(\CC)c1ccc(OCCCCCN2CCN(c3ccncc3)C2=O)cc1. The molecule has 0 atom stereocenters. The molecular formula is C24H32N4O3. The number of anilines is 1. The Bertz CT molecular complexity index is 840. The molecule has 1 fully saturated rings. The zero-order valence-corrected chi connectivity index (χ0v) is 18.5. The Morgan fingerprint density at radius 3 is 2.52 bits per heavy atom. The smallest absolute Gasteiger partial charge is 0.324 e. The third kappa shape index (κ3) is 6.44. The Kier molecular flexibility index (Phi) is 8.70. The lowest BCUT2D eigenvalue weighted by Gasteiger charge is -2.18. The Morgan fingerprint density at radius 2 is 1.81 bits per heavy atom. The fourth-order valence-electron chi connectivity index (χ4n) is 3.53. The van der Waals surface area contributed by atoms with Crippen molar-refractivity contribution in [2.75, 3.05) is 37.7 Å². The molecule has 166 valence electrons. The molecule has 2 heterocycles. The molecule has 2 amide bonds. The third-order valence-corrected chi connectivity index (χ3v) is 5.24. The van der Waals surface area contributed by atoms with E-state index in [9.17, 15) is 4.79 Å². The highest BCUT2D eigenvalue weighted by atomic mass is 16.6. The van der Waals surface area contributed by atoms with Crippen molar-refractivity contribution in [3.63, 3.8) is 0 Å². The van der Waals surface area contributed by atoms with E-state index in [1.54, 1.807) is 12.4 Å². The number of nitrogens with zero attached hydrogens (tertiary/aromatic N) is 4. The Morgan fingerprint density at radius 1 is 1.03 bits per heavy atom. The first kappa shape index (κ1) is 22.6. The van der Waals surface area contributed by atoms with E-state index < -0.39 is 0 Å². The number of unbranched alkanes of at least 4 members (excludes halogenated alkanes) is 2. The Hall–Kier alpha value is -3.09. The molecule has 1 aromatic carbocycles. The van der Waals surface area contributed by atoms with Crippen LogP contribution in [0.5, 0.6) is 5.75 Å². The van der Waals surface area contributed by atoms with Crippen LogP contribution >= 0.6 is 0 Å². The highest BCUT2D eigenvalue weighted by Gasteiger charge is 2.28. The van der Waals surface area contributed by atoms with E-state index in [0.717, 1.165) is 68.0 Å². The van der Waals surface area contributed by atoms with Crippen molar-refractivity contribution < 1.29 is 14.4 Å². The molecule has 0 saturated carbocycles. The normalized spacial score (nSPS) is 14.3. The van der Waals surface area contributed by atoms with Crippen molar-refractivity contribution in [2.45, 2.75) is 39.5 Å². The summed E-state index contributed by atoms with van der Waals surface area (Å²) in [5.74, 6) is 0.860. The van der Waals surface area contributed by atoms with Crippen LogP contribution in [0.2, 0.25) is 0 Å². The van der Waals surface area contributed by atoms with Gasteiger partial charge in [-0.25, -0.2) is 4.79 Å². The van der Waals surface area contributed by atoms with E-state index in [-0.39, 0.29) is 6.03 Å². The summed E-state index contributed by atoms with van der Waals surface area (Å²) in [6, 6.07) is 11.8. The van der Waals surface area contributed by atoms with Gasteiger partial charge in [0.25, 0.3) is 0 Å². The van der Waals surface area contributed by atoms with Gasteiger partial charge in [0, 0.05) is 37.7 Å². The molecule has 31 heavy (non-hydrogen) atoms. The maximum absolute atomic E-state index is 12.6. The summed E-state index contributed by atoms with van der Waals surface area (Å²) in [4.78, 5) is 25.5. The summed E-state index contributed by atoms with van der Waals surface area (Å²) in [7, 11) is 0. The van der Waals surface area contributed by atoms with Gasteiger partial charge in [0.15, 0.2) is 0 Å². The quantitative estimate of drug-likeness (QED) is 0.281. The van der Waals surface area contributed by atoms with Crippen molar-refractivity contribution in [3.8, 4) is 5.75 Å². The molecule has 0 unspecified atom stereocenters. The van der Waals surface area contributed by atoms with Crippen LogP contribution in [0.3, 0.4) is 0 Å². The van der Waals surface area contributed by atoms with Gasteiger partial charge in [0.1, 0.15) is 12.4 Å². The Balaban J connectivity index is 1.33. The first-order chi connectivity index (χ1) is 15.2. The van der Waals surface area contributed by atoms with Gasteiger partial charge in [-0.05, 0) is 74.6 Å². The lowest BCUT2D eigenvalue weighted by Crippen LogP contribution is -2.32. The van der Waals surface area contributed by atoms with Crippen LogP contribution in [0.4, 0.5) is 10.5 Å². The number of hydrogen-bond donors (Lipinski definition) is 0. The number of amides is 2. The number of rotatable bonds is 12. The van der Waals surface area contributed by atoms with E-state index in [1.165, 1.54) is 0 Å². The van der Waals surface area contributed by atoms with Crippen molar-refractivity contribution in [1.29, 1.82) is 0 Å². The summed E-state index contributed by atoms with van der Waals surface area (Å²) < 4.78 is 5.86. The van der Waals surface area contributed by atoms with E-state index in [1.807, 2.05) is 53.1 Å². The zero-order chi connectivity index (χ0) is 21.9. The minimum Gasteiger partial charge on any atom is -0.494 e. The van der Waals surface area contributed by atoms with Crippen LogP contribution in [-0.2, 0) is 4.84 Å². The predicted octanol–water partition coefficient (Wildman–Crippen LogP) is 4.72. The first-order valence-corrected chi connectivity index (χ1v) is 11.1. The highest BCUT2D eigenvalue weighted by molar-refractivity contribution is 6.00. The van der Waals surface area contributed by atoms with Gasteiger partial charge in [0.2, 0.25) is 0 Å². The number of ether oxygens (including phenoxy) is 1. The van der Waals surface area contributed by atoms with E-state index in [4.69, 9.17) is 9.57 Å². The van der Waals surface area contributed by atoms with Gasteiger partial charge in [-0.15, -0.1) is 0 Å². The molecule has 7 nitrogen and oxygen atoms in total. The van der Waals surface area contributed by atoms with Crippen LogP contribution in [0.1, 0.15) is 45.1 Å². The zero-order valence-electron chi connectivity index (χ0n) is 18.5. The molecule has 1 aromatic heterocycles. The molecular weight excluding hydrogens is 392 g/mol. The topological polar surface area (TPSA) is 67.3 Å². The average molecular weight is 425 g/mol. The highest BCUT2D eigenvalue weighted by Crippen LogP contribution is 2.20. The lowest BCUT2D eigenvalue weighted by atomic mass is 10.1. The number of benzene rings is 1. The summed E-state index contributed by atoms with van der Waals surface area (Å²) >= 11 is 0. The van der Waals surface area contributed by atoms with E-state index >= 15 is 0 Å². The standard InChI is InChI=1S/C24H32N4O3/c1-3-23(26-31-4-2)20-8-10-22(11-9-20)30-19-7-5-6-16-27-17-18-28(24(27)29)21-12-14-25-15-13-21/h8-15H,3-7,16-19H2,1-2H3/b26-23+. The molecule has 0 N–H and O–H groups in total. The Labute approximate surface area is 184 Å². The predicted molar refractivity (Wildman–Crippen MR) is 123 cm³/mol. The molecule has 0 radical (unpaired) electrons. The molecule has 0 spiro atoms. The fraction of sp³-hybridized carbons (Fsp3) is 0.458. The minimum absolute atomic E-state index is 0.0851. The van der Waals surface area contributed by atoms with Gasteiger partial charge in [-0.2, -0.15) is 0 Å². The second-order valence-electron chi connectivity index (χ2n) is 7.37. The van der Waals surface area contributed by atoms with Crippen molar-refractivity contribution in [3.05, 3.63) is 54.4 Å². The van der Waals surface area contributed by atoms with Crippen LogP contribution in [0.15, 0.2) is 53.9 Å². The van der Waals surface area contributed by atoms with Gasteiger partial charge in [-0.3, -0.25) is 9.88 Å². The number of pyridine rings is 1.